The Morgan fingerprint density at radius 1 is 1.12 bits per heavy atom. The van der Waals surface area contributed by atoms with Crippen LogP contribution in [0.3, 0.4) is 0 Å². The monoisotopic (exact) mass is 464 g/mol. The SMILES string of the molecule is Nc1ncnn2c(-c3cccc(CCNS(=O)[O-])c3)cc(-c3ccnn3C3CCCCC3)c12. The van der Waals surface area contributed by atoms with Crippen molar-refractivity contribution in [2.45, 2.75) is 44.6 Å². The van der Waals surface area contributed by atoms with Crippen LogP contribution in [0.5, 0.6) is 0 Å². The maximum atomic E-state index is 10.8. The van der Waals surface area contributed by atoms with Crippen LogP contribution in [-0.2, 0) is 17.7 Å². The van der Waals surface area contributed by atoms with Gasteiger partial charge in [0, 0.05) is 35.1 Å². The summed E-state index contributed by atoms with van der Waals surface area (Å²) in [6.07, 6.45) is 9.88. The van der Waals surface area contributed by atoms with E-state index in [1.165, 1.54) is 25.6 Å². The molecule has 1 aromatic carbocycles. The van der Waals surface area contributed by atoms with Crippen LogP contribution in [0.25, 0.3) is 28.0 Å². The minimum Gasteiger partial charge on any atom is -0.760 e. The van der Waals surface area contributed by atoms with Crippen molar-refractivity contribution in [2.75, 3.05) is 12.3 Å². The number of nitrogens with zero attached hydrogens (tertiary/aromatic N) is 5. The molecule has 9 nitrogen and oxygen atoms in total. The molecule has 3 N–H and O–H groups in total. The van der Waals surface area contributed by atoms with Gasteiger partial charge in [0.1, 0.15) is 11.8 Å². The quantitative estimate of drug-likeness (QED) is 0.404. The number of nitrogen functional groups attached to an aromatic ring is 1. The van der Waals surface area contributed by atoms with Gasteiger partial charge in [0.2, 0.25) is 0 Å². The number of benzene rings is 1. The third-order valence-electron chi connectivity index (χ3n) is 6.31. The third-order valence-corrected chi connectivity index (χ3v) is 6.75. The molecule has 1 saturated carbocycles. The van der Waals surface area contributed by atoms with Crippen LogP contribution in [0.1, 0.15) is 43.7 Å². The van der Waals surface area contributed by atoms with Crippen molar-refractivity contribution in [2.24, 2.45) is 0 Å². The summed E-state index contributed by atoms with van der Waals surface area (Å²) in [5.74, 6) is 0.418. The standard InChI is InChI=1S/C23H27N7O2S/c24-23-22-19(20-10-11-26-29(20)18-7-2-1-3-8-18)14-21(30(22)27-15-25-23)17-6-4-5-16(13-17)9-12-28-33(31)32/h4-6,10-11,13-15,18,28H,1-3,7-9,12H2,(H,31,32)(H2,24,25,27)/p-1. The molecule has 0 aliphatic heterocycles. The Hall–Kier alpha value is -3.08. The van der Waals surface area contributed by atoms with Crippen LogP contribution in [0, 0.1) is 0 Å². The van der Waals surface area contributed by atoms with Gasteiger partial charge in [0.05, 0.1) is 17.4 Å². The largest absolute Gasteiger partial charge is 0.760 e. The first kappa shape index (κ1) is 21.7. The molecule has 0 bridgehead atoms. The molecule has 0 spiro atoms. The van der Waals surface area contributed by atoms with Crippen molar-refractivity contribution < 1.29 is 8.76 Å². The number of nitrogens with one attached hydrogen (secondary N) is 1. The average Bonchev–Trinajstić information content (AvgIpc) is 3.45. The Morgan fingerprint density at radius 3 is 2.79 bits per heavy atom. The normalized spacial score (nSPS) is 15.8. The van der Waals surface area contributed by atoms with Crippen LogP contribution in [-0.4, -0.2) is 39.7 Å². The summed E-state index contributed by atoms with van der Waals surface area (Å²) in [6, 6.07) is 12.5. The first-order chi connectivity index (χ1) is 16.1. The van der Waals surface area contributed by atoms with Crippen LogP contribution < -0.4 is 10.5 Å². The molecule has 1 aliphatic carbocycles. The Kier molecular flexibility index (Phi) is 6.21. The zero-order chi connectivity index (χ0) is 22.8. The number of fused-ring (bicyclic) bond motifs is 1. The summed E-state index contributed by atoms with van der Waals surface area (Å²) < 4.78 is 27.9. The van der Waals surface area contributed by atoms with E-state index in [0.29, 0.717) is 24.8 Å². The Morgan fingerprint density at radius 2 is 1.97 bits per heavy atom. The molecule has 0 amide bonds. The molecule has 3 aromatic heterocycles. The second-order valence-electron chi connectivity index (χ2n) is 8.38. The van der Waals surface area contributed by atoms with Crippen LogP contribution in [0.15, 0.2) is 48.9 Å². The minimum absolute atomic E-state index is 0.343. The summed E-state index contributed by atoms with van der Waals surface area (Å²) >= 11 is -2.26. The van der Waals surface area contributed by atoms with Crippen LogP contribution >= 0.6 is 0 Å². The molecule has 1 fully saturated rings. The van der Waals surface area contributed by atoms with Crippen molar-refractivity contribution in [3.8, 4) is 22.5 Å². The highest BCUT2D eigenvalue weighted by molar-refractivity contribution is 7.77. The molecule has 1 aliphatic rings. The Bertz CT molecular complexity index is 1290. The topological polar surface area (TPSA) is 126 Å². The molecule has 3 heterocycles. The first-order valence-electron chi connectivity index (χ1n) is 11.2. The molecule has 5 rings (SSSR count). The highest BCUT2D eigenvalue weighted by Gasteiger charge is 2.23. The number of nitrogens with two attached hydrogens (primary N) is 1. The third kappa shape index (κ3) is 4.41. The van der Waals surface area contributed by atoms with Gasteiger partial charge in [0.15, 0.2) is 5.82 Å². The second kappa shape index (κ2) is 9.42. The van der Waals surface area contributed by atoms with E-state index in [4.69, 9.17) is 5.73 Å². The van der Waals surface area contributed by atoms with E-state index in [0.717, 1.165) is 46.4 Å². The van der Waals surface area contributed by atoms with Gasteiger partial charge in [-0.2, -0.15) is 10.2 Å². The zero-order valence-corrected chi connectivity index (χ0v) is 19.0. The van der Waals surface area contributed by atoms with Gasteiger partial charge in [-0.1, -0.05) is 37.5 Å². The van der Waals surface area contributed by atoms with E-state index in [1.54, 1.807) is 0 Å². The number of hydrogen-bond donors (Lipinski definition) is 2. The fraction of sp³-hybridized carbons (Fsp3) is 0.348. The number of hydrogen-bond acceptors (Lipinski definition) is 6. The van der Waals surface area contributed by atoms with Gasteiger partial charge in [-0.25, -0.2) is 14.2 Å². The van der Waals surface area contributed by atoms with Crippen molar-refractivity contribution >= 4 is 22.6 Å². The van der Waals surface area contributed by atoms with E-state index >= 15 is 0 Å². The van der Waals surface area contributed by atoms with Gasteiger partial charge >= 0.3 is 0 Å². The summed E-state index contributed by atoms with van der Waals surface area (Å²) in [4.78, 5) is 4.25. The van der Waals surface area contributed by atoms with Crippen molar-refractivity contribution in [3.63, 3.8) is 0 Å². The lowest BCUT2D eigenvalue weighted by Crippen LogP contribution is -2.19. The molecule has 172 valence electrons. The highest BCUT2D eigenvalue weighted by atomic mass is 32.2. The van der Waals surface area contributed by atoms with Crippen molar-refractivity contribution in [1.82, 2.24) is 29.1 Å². The van der Waals surface area contributed by atoms with Gasteiger partial charge in [0.25, 0.3) is 0 Å². The molecule has 1 unspecified atom stereocenters. The Balaban J connectivity index is 1.58. The van der Waals surface area contributed by atoms with Gasteiger partial charge in [-0.3, -0.25) is 8.89 Å². The average molecular weight is 465 g/mol. The van der Waals surface area contributed by atoms with E-state index < -0.39 is 11.3 Å². The smallest absolute Gasteiger partial charge is 0.152 e. The van der Waals surface area contributed by atoms with Crippen LogP contribution in [0.4, 0.5) is 5.82 Å². The lowest BCUT2D eigenvalue weighted by molar-refractivity contribution is 0.332. The number of aromatic nitrogens is 5. The van der Waals surface area contributed by atoms with Crippen molar-refractivity contribution in [1.29, 1.82) is 0 Å². The summed E-state index contributed by atoms with van der Waals surface area (Å²) in [7, 11) is 0. The lowest BCUT2D eigenvalue weighted by atomic mass is 9.95. The fourth-order valence-electron chi connectivity index (χ4n) is 4.78. The maximum absolute atomic E-state index is 10.8. The molecule has 4 aromatic rings. The summed E-state index contributed by atoms with van der Waals surface area (Å²) in [5, 5.41) is 9.17. The number of rotatable bonds is 7. The molecule has 0 radical (unpaired) electrons. The van der Waals surface area contributed by atoms with E-state index in [-0.39, 0.29) is 0 Å². The van der Waals surface area contributed by atoms with Gasteiger partial charge in [-0.15, -0.1) is 0 Å². The molecule has 10 heteroatoms. The van der Waals surface area contributed by atoms with E-state index in [2.05, 4.69) is 36.7 Å². The highest BCUT2D eigenvalue weighted by Crippen LogP contribution is 2.37. The minimum atomic E-state index is -2.26. The molecule has 1 atom stereocenters. The van der Waals surface area contributed by atoms with Gasteiger partial charge in [-0.05, 0) is 43.0 Å². The zero-order valence-electron chi connectivity index (χ0n) is 18.2. The van der Waals surface area contributed by atoms with E-state index in [9.17, 15) is 8.76 Å². The molecular formula is C23H26N7O2S-. The summed E-state index contributed by atoms with van der Waals surface area (Å²) in [6.45, 7) is 0.343. The Labute approximate surface area is 194 Å². The molecule has 33 heavy (non-hydrogen) atoms. The fourth-order valence-corrected chi connectivity index (χ4v) is 5.05. The van der Waals surface area contributed by atoms with Gasteiger partial charge < -0.3 is 10.3 Å². The van der Waals surface area contributed by atoms with Crippen molar-refractivity contribution in [3.05, 3.63) is 54.5 Å². The predicted octanol–water partition coefficient (Wildman–Crippen LogP) is 3.27. The number of anilines is 1. The maximum Gasteiger partial charge on any atom is 0.152 e. The lowest BCUT2D eigenvalue weighted by Gasteiger charge is -2.23. The molecular weight excluding hydrogens is 438 g/mol. The van der Waals surface area contributed by atoms with Crippen LogP contribution in [0.2, 0.25) is 0 Å². The summed E-state index contributed by atoms with van der Waals surface area (Å²) in [5.41, 5.74) is 12.0. The second-order valence-corrected chi connectivity index (χ2v) is 9.14. The predicted molar refractivity (Wildman–Crippen MR) is 127 cm³/mol. The molecule has 0 saturated heterocycles. The first-order valence-corrected chi connectivity index (χ1v) is 12.3. The van der Waals surface area contributed by atoms with E-state index in [1.807, 2.05) is 35.0 Å².